The van der Waals surface area contributed by atoms with Gasteiger partial charge in [-0.2, -0.15) is 0 Å². The zero-order valence-electron chi connectivity index (χ0n) is 8.40. The number of thiazole rings is 1. The summed E-state index contributed by atoms with van der Waals surface area (Å²) < 4.78 is 2.60. The first-order valence-electron chi connectivity index (χ1n) is 4.75. The lowest BCUT2D eigenvalue weighted by Crippen LogP contribution is -2.14. The number of hydrogen-bond donors (Lipinski definition) is 0. The van der Waals surface area contributed by atoms with Gasteiger partial charge in [0.05, 0.1) is 14.7 Å². The van der Waals surface area contributed by atoms with Crippen LogP contribution in [0.2, 0.25) is 0 Å². The molecule has 5 heteroatoms. The maximum absolute atomic E-state index is 12.2. The molecule has 1 aromatic carbocycles. The van der Waals surface area contributed by atoms with Crippen molar-refractivity contribution in [3.05, 3.63) is 44.1 Å². The molecule has 0 amide bonds. The lowest BCUT2D eigenvalue weighted by atomic mass is 10.2. The van der Waals surface area contributed by atoms with Gasteiger partial charge < -0.3 is 0 Å². The molecule has 0 unspecified atom stereocenters. The molecule has 0 bridgehead atoms. The molecule has 0 aliphatic rings. The number of fused-ring (bicyclic) bond motifs is 2. The first-order valence-corrected chi connectivity index (χ1v) is 6.36. The van der Waals surface area contributed by atoms with Crippen molar-refractivity contribution in [2.75, 3.05) is 0 Å². The van der Waals surface area contributed by atoms with E-state index in [0.717, 1.165) is 20.0 Å². The van der Waals surface area contributed by atoms with Crippen molar-refractivity contribution in [2.45, 2.75) is 6.92 Å². The van der Waals surface area contributed by atoms with Gasteiger partial charge in [-0.15, -0.1) is 0 Å². The van der Waals surface area contributed by atoms with Crippen LogP contribution in [-0.2, 0) is 0 Å². The number of nitrogens with zero attached hydrogens (tertiary/aromatic N) is 2. The van der Waals surface area contributed by atoms with Crippen LogP contribution in [0.1, 0.15) is 5.69 Å². The average Bonchev–Trinajstić information content (AvgIpc) is 2.55. The molecule has 3 aromatic rings. The summed E-state index contributed by atoms with van der Waals surface area (Å²) >= 11 is 4.91. The second kappa shape index (κ2) is 3.40. The summed E-state index contributed by atoms with van der Waals surface area (Å²) in [5.41, 5.74) is 1.66. The van der Waals surface area contributed by atoms with Crippen molar-refractivity contribution >= 4 is 43.1 Å². The Hall–Kier alpha value is -1.20. The van der Waals surface area contributed by atoms with E-state index < -0.39 is 0 Å². The highest BCUT2D eigenvalue weighted by molar-refractivity contribution is 9.11. The van der Waals surface area contributed by atoms with E-state index in [9.17, 15) is 4.79 Å². The molecule has 16 heavy (non-hydrogen) atoms. The van der Waals surface area contributed by atoms with Gasteiger partial charge in [-0.3, -0.25) is 9.20 Å². The van der Waals surface area contributed by atoms with E-state index in [0.29, 0.717) is 5.39 Å². The first-order chi connectivity index (χ1) is 7.68. The number of para-hydroxylation sites is 1. The van der Waals surface area contributed by atoms with Gasteiger partial charge in [0.15, 0.2) is 4.96 Å². The number of aromatic nitrogens is 2. The Morgan fingerprint density at radius 1 is 1.38 bits per heavy atom. The Bertz CT molecular complexity index is 760. The standard InChI is InChI=1S/C11H7BrN2OS/c1-6-9(12)16-11-13-8-5-3-2-4-7(8)10(15)14(6)11/h2-5H,1H3. The van der Waals surface area contributed by atoms with Crippen molar-refractivity contribution in [1.29, 1.82) is 0 Å². The lowest BCUT2D eigenvalue weighted by molar-refractivity contribution is 1.04. The van der Waals surface area contributed by atoms with Crippen LogP contribution in [0.5, 0.6) is 0 Å². The molecule has 0 atom stereocenters. The number of aryl methyl sites for hydroxylation is 1. The van der Waals surface area contributed by atoms with Crippen molar-refractivity contribution in [1.82, 2.24) is 9.38 Å². The summed E-state index contributed by atoms with van der Waals surface area (Å²) in [5.74, 6) is 0. The van der Waals surface area contributed by atoms with Crippen molar-refractivity contribution in [3.8, 4) is 0 Å². The van der Waals surface area contributed by atoms with E-state index in [2.05, 4.69) is 20.9 Å². The van der Waals surface area contributed by atoms with Gasteiger partial charge in [0.25, 0.3) is 5.56 Å². The van der Waals surface area contributed by atoms with Gasteiger partial charge in [-0.1, -0.05) is 23.5 Å². The van der Waals surface area contributed by atoms with E-state index in [1.165, 1.54) is 11.3 Å². The smallest absolute Gasteiger partial charge is 0.266 e. The van der Waals surface area contributed by atoms with Crippen LogP contribution in [-0.4, -0.2) is 9.38 Å². The molecule has 2 aromatic heterocycles. The minimum absolute atomic E-state index is 0.0000463. The SMILES string of the molecule is Cc1c(Br)sc2nc3ccccc3c(=O)n12. The molecule has 80 valence electrons. The fraction of sp³-hybridized carbons (Fsp3) is 0.0909. The Kier molecular flexibility index (Phi) is 2.12. The van der Waals surface area contributed by atoms with Crippen LogP contribution in [0, 0.1) is 6.92 Å². The van der Waals surface area contributed by atoms with Crippen LogP contribution < -0.4 is 5.56 Å². The first kappa shape index (κ1) is 9.99. The summed E-state index contributed by atoms with van der Waals surface area (Å²) in [7, 11) is 0. The Balaban J connectivity index is 2.67. The zero-order chi connectivity index (χ0) is 11.3. The summed E-state index contributed by atoms with van der Waals surface area (Å²) in [6, 6.07) is 7.41. The van der Waals surface area contributed by atoms with Gasteiger partial charge in [-0.25, -0.2) is 4.98 Å². The van der Waals surface area contributed by atoms with Gasteiger partial charge in [0, 0.05) is 5.69 Å². The van der Waals surface area contributed by atoms with Crippen LogP contribution in [0.3, 0.4) is 0 Å². The molecule has 0 aliphatic heterocycles. The molecule has 3 nitrogen and oxygen atoms in total. The monoisotopic (exact) mass is 294 g/mol. The van der Waals surface area contributed by atoms with Crippen LogP contribution >= 0.6 is 27.3 Å². The van der Waals surface area contributed by atoms with Gasteiger partial charge in [0.1, 0.15) is 0 Å². The largest absolute Gasteiger partial charge is 0.268 e. The quantitative estimate of drug-likeness (QED) is 0.639. The van der Waals surface area contributed by atoms with Crippen LogP contribution in [0.15, 0.2) is 32.8 Å². The Labute approximate surface area is 103 Å². The molecular formula is C11H7BrN2OS. The predicted molar refractivity (Wildman–Crippen MR) is 69.3 cm³/mol. The van der Waals surface area contributed by atoms with E-state index >= 15 is 0 Å². The molecule has 0 fully saturated rings. The third kappa shape index (κ3) is 1.25. The molecule has 2 heterocycles. The summed E-state index contributed by atoms with van der Waals surface area (Å²) in [5, 5.41) is 0.661. The highest BCUT2D eigenvalue weighted by Crippen LogP contribution is 2.26. The molecule has 0 saturated heterocycles. The molecule has 0 spiro atoms. The third-order valence-electron chi connectivity index (χ3n) is 2.55. The van der Waals surface area contributed by atoms with Crippen LogP contribution in [0.4, 0.5) is 0 Å². The topological polar surface area (TPSA) is 34.4 Å². The second-order valence-corrected chi connectivity index (χ2v) is 5.81. The number of benzene rings is 1. The minimum atomic E-state index is 0.0000463. The Morgan fingerprint density at radius 2 is 2.12 bits per heavy atom. The fourth-order valence-electron chi connectivity index (χ4n) is 1.72. The minimum Gasteiger partial charge on any atom is -0.268 e. The lowest BCUT2D eigenvalue weighted by Gasteiger charge is -1.98. The van der Waals surface area contributed by atoms with Crippen molar-refractivity contribution in [2.24, 2.45) is 0 Å². The predicted octanol–water partition coefficient (Wildman–Crippen LogP) is 2.98. The Morgan fingerprint density at radius 3 is 2.94 bits per heavy atom. The summed E-state index contributed by atoms with van der Waals surface area (Å²) in [4.78, 5) is 17.4. The molecular weight excluding hydrogens is 288 g/mol. The van der Waals surface area contributed by atoms with Gasteiger partial charge in [0.2, 0.25) is 0 Å². The maximum Gasteiger partial charge on any atom is 0.266 e. The fourth-order valence-corrected chi connectivity index (χ4v) is 3.18. The molecule has 0 saturated carbocycles. The summed E-state index contributed by atoms with van der Waals surface area (Å²) in [6.07, 6.45) is 0. The number of halogens is 1. The van der Waals surface area contributed by atoms with Crippen molar-refractivity contribution in [3.63, 3.8) is 0 Å². The normalized spacial score (nSPS) is 11.4. The molecule has 0 aliphatic carbocycles. The van der Waals surface area contributed by atoms with Gasteiger partial charge in [-0.05, 0) is 35.0 Å². The molecule has 0 N–H and O–H groups in total. The third-order valence-corrected chi connectivity index (χ3v) is 4.54. The highest BCUT2D eigenvalue weighted by Gasteiger charge is 2.11. The van der Waals surface area contributed by atoms with E-state index in [4.69, 9.17) is 0 Å². The summed E-state index contributed by atoms with van der Waals surface area (Å²) in [6.45, 7) is 1.91. The van der Waals surface area contributed by atoms with E-state index in [1.807, 2.05) is 31.2 Å². The average molecular weight is 295 g/mol. The molecule has 3 rings (SSSR count). The highest BCUT2D eigenvalue weighted by atomic mass is 79.9. The number of hydrogen-bond acceptors (Lipinski definition) is 3. The number of rotatable bonds is 0. The van der Waals surface area contributed by atoms with Crippen molar-refractivity contribution < 1.29 is 0 Å². The van der Waals surface area contributed by atoms with E-state index in [1.54, 1.807) is 4.40 Å². The van der Waals surface area contributed by atoms with Crippen LogP contribution in [0.25, 0.3) is 15.9 Å². The molecule has 0 radical (unpaired) electrons. The maximum atomic E-state index is 12.2. The van der Waals surface area contributed by atoms with E-state index in [-0.39, 0.29) is 5.56 Å². The second-order valence-electron chi connectivity index (χ2n) is 3.51. The van der Waals surface area contributed by atoms with Gasteiger partial charge >= 0.3 is 0 Å². The zero-order valence-corrected chi connectivity index (χ0v) is 10.8.